The van der Waals surface area contributed by atoms with E-state index in [4.69, 9.17) is 15.9 Å². The summed E-state index contributed by atoms with van der Waals surface area (Å²) in [5.41, 5.74) is 7.46. The molecule has 0 saturated carbocycles. The third-order valence-corrected chi connectivity index (χ3v) is 2.87. The topological polar surface area (TPSA) is 59.1 Å². The number of nitrogens with one attached hydrogen (secondary N) is 1. The van der Waals surface area contributed by atoms with E-state index >= 15 is 0 Å². The molecule has 0 radical (unpaired) electrons. The van der Waals surface area contributed by atoms with Crippen LogP contribution >= 0.6 is 0 Å². The Hall–Kier alpha value is -2.29. The molecule has 19 heavy (non-hydrogen) atoms. The Labute approximate surface area is 113 Å². The molecule has 0 unspecified atom stereocenters. The van der Waals surface area contributed by atoms with Crippen LogP contribution in [0.4, 0.5) is 0 Å². The second-order valence-electron chi connectivity index (χ2n) is 4.38. The van der Waals surface area contributed by atoms with Crippen LogP contribution in [0.1, 0.15) is 17.5 Å². The van der Waals surface area contributed by atoms with Gasteiger partial charge in [0.15, 0.2) is 0 Å². The number of ether oxygens (including phenoxy) is 1. The fraction of sp³-hybridized carbons (Fsp3) is 0.188. The summed E-state index contributed by atoms with van der Waals surface area (Å²) in [4.78, 5) is 0. The molecule has 0 aliphatic carbocycles. The second-order valence-corrected chi connectivity index (χ2v) is 4.38. The maximum atomic E-state index is 7.38. The normalized spacial score (nSPS) is 10.1. The van der Waals surface area contributed by atoms with E-state index in [1.54, 1.807) is 12.1 Å². The predicted molar refractivity (Wildman–Crippen MR) is 77.7 cm³/mol. The van der Waals surface area contributed by atoms with Gasteiger partial charge in [0.05, 0.1) is 6.61 Å². The van der Waals surface area contributed by atoms with Crippen LogP contribution in [0.2, 0.25) is 0 Å². The lowest BCUT2D eigenvalue weighted by Crippen LogP contribution is -2.11. The van der Waals surface area contributed by atoms with Crippen molar-refractivity contribution in [3.63, 3.8) is 0 Å². The van der Waals surface area contributed by atoms with E-state index in [0.29, 0.717) is 12.2 Å². The van der Waals surface area contributed by atoms with Gasteiger partial charge in [0.25, 0.3) is 0 Å². The van der Waals surface area contributed by atoms with Gasteiger partial charge in [-0.25, -0.2) is 0 Å². The molecule has 0 aromatic heterocycles. The van der Waals surface area contributed by atoms with Crippen LogP contribution in [0.3, 0.4) is 0 Å². The summed E-state index contributed by atoms with van der Waals surface area (Å²) in [6, 6.07) is 17.7. The van der Waals surface area contributed by atoms with Crippen LogP contribution < -0.4 is 10.5 Å². The highest BCUT2D eigenvalue weighted by Gasteiger charge is 1.99. The highest BCUT2D eigenvalue weighted by atomic mass is 16.5. The highest BCUT2D eigenvalue weighted by Crippen LogP contribution is 2.13. The van der Waals surface area contributed by atoms with Gasteiger partial charge in [-0.05, 0) is 30.5 Å². The van der Waals surface area contributed by atoms with Crippen LogP contribution in [-0.4, -0.2) is 12.4 Å². The number of hydrogen-bond donors (Lipinski definition) is 2. The first kappa shape index (κ1) is 13.1. The van der Waals surface area contributed by atoms with Crippen molar-refractivity contribution in [3.05, 3.63) is 65.7 Å². The Bertz CT molecular complexity index is 537. The predicted octanol–water partition coefficient (Wildman–Crippen LogP) is 2.98. The van der Waals surface area contributed by atoms with Gasteiger partial charge < -0.3 is 10.5 Å². The van der Waals surface area contributed by atoms with Gasteiger partial charge in [-0.15, -0.1) is 0 Å². The molecule has 0 aliphatic rings. The third-order valence-electron chi connectivity index (χ3n) is 2.87. The quantitative estimate of drug-likeness (QED) is 0.473. The van der Waals surface area contributed by atoms with Crippen LogP contribution in [0, 0.1) is 5.41 Å². The number of nitrogen functional groups attached to an aromatic ring is 1. The molecule has 3 heteroatoms. The molecule has 2 aromatic rings. The minimum atomic E-state index is 0.0646. The van der Waals surface area contributed by atoms with E-state index in [1.165, 1.54) is 5.56 Å². The van der Waals surface area contributed by atoms with Crippen molar-refractivity contribution in [2.75, 3.05) is 6.61 Å². The first-order chi connectivity index (χ1) is 9.25. The van der Waals surface area contributed by atoms with Gasteiger partial charge in [0.2, 0.25) is 0 Å². The standard InChI is InChI=1S/C16H18N2O/c17-16(18)14-9-4-10-15(12-14)19-11-5-8-13-6-2-1-3-7-13/h1-4,6-7,9-10,12H,5,8,11H2,(H3,17,18). The molecule has 0 bridgehead atoms. The molecule has 0 fully saturated rings. The Balaban J connectivity index is 1.80. The molecule has 3 N–H and O–H groups in total. The first-order valence-electron chi connectivity index (χ1n) is 6.37. The molecule has 0 heterocycles. The Morgan fingerprint density at radius 1 is 1.05 bits per heavy atom. The summed E-state index contributed by atoms with van der Waals surface area (Å²) in [5, 5.41) is 7.38. The fourth-order valence-corrected chi connectivity index (χ4v) is 1.86. The van der Waals surface area contributed by atoms with Crippen molar-refractivity contribution in [2.45, 2.75) is 12.8 Å². The molecule has 2 aromatic carbocycles. The minimum absolute atomic E-state index is 0.0646. The highest BCUT2D eigenvalue weighted by molar-refractivity contribution is 5.95. The number of rotatable bonds is 6. The van der Waals surface area contributed by atoms with E-state index in [9.17, 15) is 0 Å². The lowest BCUT2D eigenvalue weighted by atomic mass is 10.1. The summed E-state index contributed by atoms with van der Waals surface area (Å²) >= 11 is 0. The zero-order valence-electron chi connectivity index (χ0n) is 10.8. The minimum Gasteiger partial charge on any atom is -0.494 e. The molecule has 98 valence electrons. The van der Waals surface area contributed by atoms with Crippen molar-refractivity contribution in [1.29, 1.82) is 5.41 Å². The lowest BCUT2D eigenvalue weighted by Gasteiger charge is -2.07. The molecule has 3 nitrogen and oxygen atoms in total. The van der Waals surface area contributed by atoms with Crippen molar-refractivity contribution < 1.29 is 4.74 Å². The zero-order valence-corrected chi connectivity index (χ0v) is 10.8. The van der Waals surface area contributed by atoms with Crippen molar-refractivity contribution in [3.8, 4) is 5.75 Å². The molecule has 2 rings (SSSR count). The van der Waals surface area contributed by atoms with Crippen molar-refractivity contribution in [2.24, 2.45) is 5.73 Å². The van der Waals surface area contributed by atoms with Crippen molar-refractivity contribution >= 4 is 5.84 Å². The van der Waals surface area contributed by atoms with Crippen LogP contribution in [0.5, 0.6) is 5.75 Å². The maximum absolute atomic E-state index is 7.38. The lowest BCUT2D eigenvalue weighted by molar-refractivity contribution is 0.311. The van der Waals surface area contributed by atoms with Crippen LogP contribution in [-0.2, 0) is 6.42 Å². The summed E-state index contributed by atoms with van der Waals surface area (Å²) in [7, 11) is 0. The van der Waals surface area contributed by atoms with Crippen molar-refractivity contribution in [1.82, 2.24) is 0 Å². The van der Waals surface area contributed by atoms with Gasteiger partial charge in [-0.1, -0.05) is 42.5 Å². The largest absolute Gasteiger partial charge is 0.494 e. The monoisotopic (exact) mass is 254 g/mol. The smallest absolute Gasteiger partial charge is 0.122 e. The second kappa shape index (κ2) is 6.59. The van der Waals surface area contributed by atoms with E-state index in [1.807, 2.05) is 30.3 Å². The number of hydrogen-bond acceptors (Lipinski definition) is 2. The Kier molecular flexibility index (Phi) is 4.56. The van der Waals surface area contributed by atoms with Gasteiger partial charge >= 0.3 is 0 Å². The summed E-state index contributed by atoms with van der Waals surface area (Å²) < 4.78 is 5.67. The Morgan fingerprint density at radius 3 is 2.58 bits per heavy atom. The molecule has 0 saturated heterocycles. The number of aryl methyl sites for hydroxylation is 1. The van der Waals surface area contributed by atoms with Gasteiger partial charge in [-0.2, -0.15) is 0 Å². The number of amidine groups is 1. The van der Waals surface area contributed by atoms with E-state index in [-0.39, 0.29) is 5.84 Å². The van der Waals surface area contributed by atoms with E-state index < -0.39 is 0 Å². The number of benzene rings is 2. The Morgan fingerprint density at radius 2 is 1.84 bits per heavy atom. The van der Waals surface area contributed by atoms with Gasteiger partial charge in [-0.3, -0.25) is 5.41 Å². The first-order valence-corrected chi connectivity index (χ1v) is 6.37. The molecule has 0 amide bonds. The summed E-state index contributed by atoms with van der Waals surface area (Å²) in [6.07, 6.45) is 1.97. The molecular weight excluding hydrogens is 236 g/mol. The number of nitrogens with two attached hydrogens (primary N) is 1. The molecule has 0 aliphatic heterocycles. The van der Waals surface area contributed by atoms with E-state index in [2.05, 4.69) is 12.1 Å². The van der Waals surface area contributed by atoms with Gasteiger partial charge in [0, 0.05) is 5.56 Å². The van der Waals surface area contributed by atoms with E-state index in [0.717, 1.165) is 18.6 Å². The van der Waals surface area contributed by atoms with Crippen LogP contribution in [0.25, 0.3) is 0 Å². The third kappa shape index (κ3) is 4.14. The maximum Gasteiger partial charge on any atom is 0.122 e. The molecule has 0 atom stereocenters. The molecular formula is C16H18N2O. The van der Waals surface area contributed by atoms with Crippen LogP contribution in [0.15, 0.2) is 54.6 Å². The average Bonchev–Trinajstić information content (AvgIpc) is 2.45. The molecule has 0 spiro atoms. The summed E-state index contributed by atoms with van der Waals surface area (Å²) in [5.74, 6) is 0.829. The zero-order chi connectivity index (χ0) is 13.5. The summed E-state index contributed by atoms with van der Waals surface area (Å²) in [6.45, 7) is 0.663. The fourth-order valence-electron chi connectivity index (χ4n) is 1.86. The average molecular weight is 254 g/mol. The van der Waals surface area contributed by atoms with Gasteiger partial charge in [0.1, 0.15) is 11.6 Å². The SMILES string of the molecule is N=C(N)c1cccc(OCCCc2ccccc2)c1.